The molecule has 1 unspecified atom stereocenters. The maximum absolute atomic E-state index is 12.7. The van der Waals surface area contributed by atoms with Crippen LogP contribution in [0.5, 0.6) is 0 Å². The van der Waals surface area contributed by atoms with Crippen molar-refractivity contribution in [2.75, 3.05) is 24.5 Å². The van der Waals surface area contributed by atoms with Crippen LogP contribution in [0.2, 0.25) is 0 Å². The first-order valence-electron chi connectivity index (χ1n) is 7.46. The Hall–Kier alpha value is -1.85. The van der Waals surface area contributed by atoms with Gasteiger partial charge in [0, 0.05) is 31.4 Å². The summed E-state index contributed by atoms with van der Waals surface area (Å²) in [6.45, 7) is 3.89. The molecule has 2 aromatic carbocycles. The fraction of sp³-hybridized carbons (Fsp3) is 0.294. The van der Waals surface area contributed by atoms with E-state index >= 15 is 0 Å². The average molecular weight is 316 g/mol. The van der Waals surface area contributed by atoms with E-state index in [4.69, 9.17) is 0 Å². The molecule has 1 saturated heterocycles. The molecule has 4 nitrogen and oxygen atoms in total. The molecule has 1 aliphatic heterocycles. The topological polar surface area (TPSA) is 40.6 Å². The van der Waals surface area contributed by atoms with E-state index in [1.165, 1.54) is 0 Å². The lowest BCUT2D eigenvalue weighted by Crippen LogP contribution is -2.53. The third-order valence-corrected chi connectivity index (χ3v) is 6.07. The van der Waals surface area contributed by atoms with E-state index in [9.17, 15) is 8.42 Å². The molecule has 0 bridgehead atoms. The molecule has 1 heterocycles. The van der Waals surface area contributed by atoms with E-state index in [1.54, 1.807) is 28.6 Å². The van der Waals surface area contributed by atoms with E-state index in [-0.39, 0.29) is 6.04 Å². The molecule has 0 radical (unpaired) electrons. The summed E-state index contributed by atoms with van der Waals surface area (Å²) in [6, 6.07) is 18.7. The summed E-state index contributed by atoms with van der Waals surface area (Å²) < 4.78 is 27.1. The summed E-state index contributed by atoms with van der Waals surface area (Å²) in [5, 5.41) is 0. The molecule has 0 saturated carbocycles. The van der Waals surface area contributed by atoms with Gasteiger partial charge in [-0.2, -0.15) is 4.31 Å². The van der Waals surface area contributed by atoms with Gasteiger partial charge in [0.05, 0.1) is 4.90 Å². The second kappa shape index (κ2) is 6.10. The standard InChI is InChI=1S/C17H20N2O2S/c1-15-14-18(16-8-4-2-5-9-16)12-13-19(15)22(20,21)17-10-6-3-7-11-17/h2-11,15H,12-14H2,1H3. The average Bonchev–Trinajstić information content (AvgIpc) is 2.56. The highest BCUT2D eigenvalue weighted by molar-refractivity contribution is 7.89. The molecule has 1 fully saturated rings. The highest BCUT2D eigenvalue weighted by Gasteiger charge is 2.33. The maximum Gasteiger partial charge on any atom is 0.243 e. The fourth-order valence-electron chi connectivity index (χ4n) is 2.90. The summed E-state index contributed by atoms with van der Waals surface area (Å²) in [7, 11) is -3.41. The van der Waals surface area contributed by atoms with Crippen LogP contribution in [-0.2, 0) is 10.0 Å². The van der Waals surface area contributed by atoms with Crippen molar-refractivity contribution in [3.63, 3.8) is 0 Å². The quantitative estimate of drug-likeness (QED) is 0.874. The van der Waals surface area contributed by atoms with Gasteiger partial charge in [-0.1, -0.05) is 36.4 Å². The summed E-state index contributed by atoms with van der Waals surface area (Å²) in [5.41, 5.74) is 1.14. The summed E-state index contributed by atoms with van der Waals surface area (Å²) in [6.07, 6.45) is 0. The van der Waals surface area contributed by atoms with E-state index in [0.29, 0.717) is 24.5 Å². The van der Waals surface area contributed by atoms with Crippen LogP contribution in [0.4, 0.5) is 5.69 Å². The Balaban J connectivity index is 1.79. The van der Waals surface area contributed by atoms with Gasteiger partial charge in [0.15, 0.2) is 0 Å². The molecule has 0 aromatic heterocycles. The van der Waals surface area contributed by atoms with Crippen LogP contribution in [-0.4, -0.2) is 38.4 Å². The minimum absolute atomic E-state index is 0.0563. The summed E-state index contributed by atoms with van der Waals surface area (Å²) in [5.74, 6) is 0. The van der Waals surface area contributed by atoms with Gasteiger partial charge in [0.25, 0.3) is 0 Å². The number of hydrogen-bond donors (Lipinski definition) is 0. The molecule has 0 N–H and O–H groups in total. The van der Waals surface area contributed by atoms with E-state index < -0.39 is 10.0 Å². The lowest BCUT2D eigenvalue weighted by Gasteiger charge is -2.40. The molecular weight excluding hydrogens is 296 g/mol. The van der Waals surface area contributed by atoms with Crippen molar-refractivity contribution < 1.29 is 8.42 Å². The molecule has 2 aromatic rings. The third kappa shape index (κ3) is 2.87. The molecule has 116 valence electrons. The number of piperazine rings is 1. The van der Waals surface area contributed by atoms with E-state index in [1.807, 2.05) is 31.2 Å². The Morgan fingerprint density at radius 3 is 2.09 bits per heavy atom. The van der Waals surface area contributed by atoms with Crippen LogP contribution in [0, 0.1) is 0 Å². The first kappa shape index (κ1) is 15.1. The minimum atomic E-state index is -3.41. The largest absolute Gasteiger partial charge is 0.369 e. The number of para-hydroxylation sites is 1. The minimum Gasteiger partial charge on any atom is -0.369 e. The van der Waals surface area contributed by atoms with Gasteiger partial charge in [-0.25, -0.2) is 8.42 Å². The van der Waals surface area contributed by atoms with E-state index in [2.05, 4.69) is 17.0 Å². The number of nitrogens with zero attached hydrogens (tertiary/aromatic N) is 2. The molecular formula is C17H20N2O2S. The van der Waals surface area contributed by atoms with Crippen LogP contribution < -0.4 is 4.90 Å². The molecule has 0 aliphatic carbocycles. The van der Waals surface area contributed by atoms with Crippen molar-refractivity contribution in [3.8, 4) is 0 Å². The second-order valence-corrected chi connectivity index (χ2v) is 7.45. The summed E-state index contributed by atoms with van der Waals surface area (Å²) in [4.78, 5) is 2.61. The van der Waals surface area contributed by atoms with Crippen LogP contribution >= 0.6 is 0 Å². The third-order valence-electron chi connectivity index (χ3n) is 4.04. The van der Waals surface area contributed by atoms with Crippen molar-refractivity contribution in [2.24, 2.45) is 0 Å². The number of anilines is 1. The smallest absolute Gasteiger partial charge is 0.243 e. The molecule has 22 heavy (non-hydrogen) atoms. The van der Waals surface area contributed by atoms with Crippen LogP contribution in [0.15, 0.2) is 65.6 Å². The molecule has 3 rings (SSSR count). The van der Waals surface area contributed by atoms with Crippen molar-refractivity contribution in [2.45, 2.75) is 17.9 Å². The lowest BCUT2D eigenvalue weighted by molar-refractivity contribution is 0.307. The Kier molecular flexibility index (Phi) is 4.18. The predicted octanol–water partition coefficient (Wildman–Crippen LogP) is 2.59. The van der Waals surface area contributed by atoms with Crippen LogP contribution in [0.1, 0.15) is 6.92 Å². The number of benzene rings is 2. The number of rotatable bonds is 3. The van der Waals surface area contributed by atoms with Crippen molar-refractivity contribution in [1.29, 1.82) is 0 Å². The lowest BCUT2D eigenvalue weighted by atomic mass is 10.2. The van der Waals surface area contributed by atoms with Gasteiger partial charge in [-0.15, -0.1) is 0 Å². The fourth-order valence-corrected chi connectivity index (χ4v) is 4.53. The monoisotopic (exact) mass is 316 g/mol. The highest BCUT2D eigenvalue weighted by atomic mass is 32.2. The summed E-state index contributed by atoms with van der Waals surface area (Å²) >= 11 is 0. The van der Waals surface area contributed by atoms with Crippen molar-refractivity contribution >= 4 is 15.7 Å². The Labute approximate surface area is 132 Å². The normalized spacial score (nSPS) is 20.0. The van der Waals surface area contributed by atoms with Gasteiger partial charge in [-0.05, 0) is 31.2 Å². The van der Waals surface area contributed by atoms with Crippen LogP contribution in [0.3, 0.4) is 0 Å². The SMILES string of the molecule is CC1CN(c2ccccc2)CCN1S(=O)(=O)c1ccccc1. The number of sulfonamides is 1. The zero-order valence-electron chi connectivity index (χ0n) is 12.6. The first-order valence-corrected chi connectivity index (χ1v) is 8.90. The molecule has 1 aliphatic rings. The Morgan fingerprint density at radius 2 is 1.50 bits per heavy atom. The van der Waals surface area contributed by atoms with Gasteiger partial charge in [0.1, 0.15) is 0 Å². The highest BCUT2D eigenvalue weighted by Crippen LogP contribution is 2.24. The second-order valence-electron chi connectivity index (χ2n) is 5.56. The van der Waals surface area contributed by atoms with Crippen molar-refractivity contribution in [3.05, 3.63) is 60.7 Å². The van der Waals surface area contributed by atoms with Crippen LogP contribution in [0.25, 0.3) is 0 Å². The molecule has 5 heteroatoms. The maximum atomic E-state index is 12.7. The zero-order valence-corrected chi connectivity index (χ0v) is 13.4. The molecule has 1 atom stereocenters. The first-order chi connectivity index (χ1) is 10.6. The van der Waals surface area contributed by atoms with Gasteiger partial charge in [-0.3, -0.25) is 0 Å². The molecule has 0 amide bonds. The zero-order chi connectivity index (χ0) is 15.6. The van der Waals surface area contributed by atoms with E-state index in [0.717, 1.165) is 5.69 Å². The Bertz CT molecular complexity index is 717. The number of hydrogen-bond acceptors (Lipinski definition) is 3. The van der Waals surface area contributed by atoms with Crippen molar-refractivity contribution in [1.82, 2.24) is 4.31 Å². The Morgan fingerprint density at radius 1 is 0.909 bits per heavy atom. The van der Waals surface area contributed by atoms with Gasteiger partial charge >= 0.3 is 0 Å². The van der Waals surface area contributed by atoms with Gasteiger partial charge < -0.3 is 4.90 Å². The predicted molar refractivity (Wildman–Crippen MR) is 88.5 cm³/mol. The van der Waals surface area contributed by atoms with Gasteiger partial charge in [0.2, 0.25) is 10.0 Å². The molecule has 0 spiro atoms.